The first-order chi connectivity index (χ1) is 8.58. The highest BCUT2D eigenvalue weighted by Gasteiger charge is 2.30. The predicted molar refractivity (Wildman–Crippen MR) is 68.2 cm³/mol. The lowest BCUT2D eigenvalue weighted by Crippen LogP contribution is -2.42. The number of rotatable bonds is 6. The standard InChI is InChI=1S/C12H16N2O3S/c13-11(9-2-1-5-18-9)12(17)14(7-10(15)16)6-8-3-4-8/h1-2,5,8,11H,3-4,6-7,13H2,(H,15,16). The van der Waals surface area contributed by atoms with Crippen LogP contribution in [0.25, 0.3) is 0 Å². The minimum absolute atomic E-state index is 0.269. The molecule has 1 saturated carbocycles. The van der Waals surface area contributed by atoms with E-state index in [1.807, 2.05) is 11.4 Å². The Kier molecular flexibility index (Phi) is 3.98. The van der Waals surface area contributed by atoms with Crippen LogP contribution in [0.4, 0.5) is 0 Å². The molecular formula is C12H16N2O3S. The van der Waals surface area contributed by atoms with Gasteiger partial charge in [-0.2, -0.15) is 0 Å². The SMILES string of the molecule is NC(C(=O)N(CC(=O)O)CC1CC1)c1cccs1. The van der Waals surface area contributed by atoms with E-state index in [4.69, 9.17) is 10.8 Å². The summed E-state index contributed by atoms with van der Waals surface area (Å²) in [6.45, 7) is 0.235. The number of nitrogens with zero attached hydrogens (tertiary/aromatic N) is 1. The molecule has 0 bridgehead atoms. The van der Waals surface area contributed by atoms with Crippen LogP contribution in [0.1, 0.15) is 23.8 Å². The van der Waals surface area contributed by atoms with Gasteiger partial charge >= 0.3 is 5.97 Å². The third-order valence-corrected chi connectivity index (χ3v) is 3.88. The Morgan fingerprint density at radius 1 is 1.56 bits per heavy atom. The van der Waals surface area contributed by atoms with Crippen molar-refractivity contribution in [2.24, 2.45) is 11.7 Å². The summed E-state index contributed by atoms with van der Waals surface area (Å²) >= 11 is 1.41. The number of carbonyl (C=O) groups is 2. The summed E-state index contributed by atoms with van der Waals surface area (Å²) in [6.07, 6.45) is 2.13. The highest BCUT2D eigenvalue weighted by atomic mass is 32.1. The second-order valence-corrected chi connectivity index (χ2v) is 5.53. The summed E-state index contributed by atoms with van der Waals surface area (Å²) in [4.78, 5) is 25.1. The van der Waals surface area contributed by atoms with Crippen LogP contribution in [-0.2, 0) is 9.59 Å². The van der Waals surface area contributed by atoms with E-state index in [2.05, 4.69) is 0 Å². The van der Waals surface area contributed by atoms with Crippen LogP contribution in [0.5, 0.6) is 0 Å². The molecule has 1 unspecified atom stereocenters. The molecule has 1 aromatic heterocycles. The average Bonchev–Trinajstić information content (AvgIpc) is 2.96. The molecule has 3 N–H and O–H groups in total. The number of nitrogens with two attached hydrogens (primary N) is 1. The first-order valence-electron chi connectivity index (χ1n) is 5.87. The number of hydrogen-bond donors (Lipinski definition) is 2. The second-order valence-electron chi connectivity index (χ2n) is 4.55. The maximum Gasteiger partial charge on any atom is 0.323 e. The van der Waals surface area contributed by atoms with Gasteiger partial charge in [0.05, 0.1) is 0 Å². The third kappa shape index (κ3) is 3.30. The largest absolute Gasteiger partial charge is 0.480 e. The summed E-state index contributed by atoms with van der Waals surface area (Å²) in [5.74, 6) is -0.849. The van der Waals surface area contributed by atoms with E-state index in [9.17, 15) is 9.59 Å². The van der Waals surface area contributed by atoms with Gasteiger partial charge in [0.25, 0.3) is 0 Å². The van der Waals surface area contributed by atoms with E-state index in [0.717, 1.165) is 17.7 Å². The molecule has 1 aliphatic carbocycles. The molecule has 98 valence electrons. The van der Waals surface area contributed by atoms with Gasteiger partial charge in [0.1, 0.15) is 12.6 Å². The van der Waals surface area contributed by atoms with Gasteiger partial charge in [-0.25, -0.2) is 0 Å². The van der Waals surface area contributed by atoms with Crippen molar-refractivity contribution in [2.45, 2.75) is 18.9 Å². The highest BCUT2D eigenvalue weighted by Crippen LogP contribution is 2.30. The molecule has 18 heavy (non-hydrogen) atoms. The van der Waals surface area contributed by atoms with E-state index < -0.39 is 12.0 Å². The molecule has 1 heterocycles. The van der Waals surface area contributed by atoms with E-state index in [-0.39, 0.29) is 12.5 Å². The molecule has 0 spiro atoms. The van der Waals surface area contributed by atoms with E-state index >= 15 is 0 Å². The lowest BCUT2D eigenvalue weighted by atomic mass is 10.2. The van der Waals surface area contributed by atoms with Gasteiger partial charge in [-0.05, 0) is 30.2 Å². The first-order valence-corrected chi connectivity index (χ1v) is 6.75. The number of thiophene rings is 1. The molecule has 5 nitrogen and oxygen atoms in total. The van der Waals surface area contributed by atoms with Gasteiger partial charge in [-0.1, -0.05) is 6.07 Å². The van der Waals surface area contributed by atoms with Gasteiger partial charge in [0.15, 0.2) is 0 Å². The molecule has 1 fully saturated rings. The molecule has 1 aliphatic rings. The van der Waals surface area contributed by atoms with Crippen molar-refractivity contribution in [3.05, 3.63) is 22.4 Å². The smallest absolute Gasteiger partial charge is 0.323 e. The number of amides is 1. The van der Waals surface area contributed by atoms with Crippen molar-refractivity contribution in [3.8, 4) is 0 Å². The molecule has 2 rings (SSSR count). The molecule has 0 saturated heterocycles. The predicted octanol–water partition coefficient (Wildman–Crippen LogP) is 1.07. The number of hydrogen-bond acceptors (Lipinski definition) is 4. The Bertz CT molecular complexity index is 429. The lowest BCUT2D eigenvalue weighted by Gasteiger charge is -2.23. The van der Waals surface area contributed by atoms with Crippen LogP contribution < -0.4 is 5.73 Å². The molecular weight excluding hydrogens is 252 g/mol. The van der Waals surface area contributed by atoms with Crippen LogP contribution in [0, 0.1) is 5.92 Å². The molecule has 0 aromatic carbocycles. The highest BCUT2D eigenvalue weighted by molar-refractivity contribution is 7.10. The molecule has 0 aliphatic heterocycles. The number of carbonyl (C=O) groups excluding carboxylic acids is 1. The average molecular weight is 268 g/mol. The fourth-order valence-electron chi connectivity index (χ4n) is 1.79. The van der Waals surface area contributed by atoms with Gasteiger partial charge in [-0.3, -0.25) is 9.59 Å². The van der Waals surface area contributed by atoms with Crippen LogP contribution in [0.15, 0.2) is 17.5 Å². The molecule has 0 radical (unpaired) electrons. The zero-order chi connectivity index (χ0) is 13.1. The van der Waals surface area contributed by atoms with Crippen LogP contribution in [0.2, 0.25) is 0 Å². The van der Waals surface area contributed by atoms with Crippen molar-refractivity contribution in [1.82, 2.24) is 4.90 Å². The fourth-order valence-corrected chi connectivity index (χ4v) is 2.51. The second kappa shape index (κ2) is 5.49. The van der Waals surface area contributed by atoms with Crippen LogP contribution in [-0.4, -0.2) is 35.0 Å². The maximum atomic E-state index is 12.2. The van der Waals surface area contributed by atoms with Crippen molar-refractivity contribution in [2.75, 3.05) is 13.1 Å². The molecule has 1 atom stereocenters. The van der Waals surface area contributed by atoms with Crippen LogP contribution >= 0.6 is 11.3 Å². The zero-order valence-electron chi connectivity index (χ0n) is 9.91. The third-order valence-electron chi connectivity index (χ3n) is 2.93. The Balaban J connectivity index is 2.03. The Morgan fingerprint density at radius 2 is 2.28 bits per heavy atom. The number of carboxylic acids is 1. The molecule has 1 aromatic rings. The van der Waals surface area contributed by atoms with Gasteiger partial charge in [-0.15, -0.1) is 11.3 Å². The van der Waals surface area contributed by atoms with Crippen molar-refractivity contribution >= 4 is 23.2 Å². The maximum absolute atomic E-state index is 12.2. The minimum atomic E-state index is -0.998. The Morgan fingerprint density at radius 3 is 2.78 bits per heavy atom. The minimum Gasteiger partial charge on any atom is -0.480 e. The van der Waals surface area contributed by atoms with E-state index in [1.165, 1.54) is 16.2 Å². The van der Waals surface area contributed by atoms with Crippen molar-refractivity contribution < 1.29 is 14.7 Å². The molecule has 1 amide bonds. The van der Waals surface area contributed by atoms with Gasteiger partial charge in [0, 0.05) is 11.4 Å². The quantitative estimate of drug-likeness (QED) is 0.808. The summed E-state index contributed by atoms with van der Waals surface area (Å²) in [5, 5.41) is 10.7. The van der Waals surface area contributed by atoms with Crippen molar-refractivity contribution in [3.63, 3.8) is 0 Å². The lowest BCUT2D eigenvalue weighted by molar-refractivity contribution is -0.145. The topological polar surface area (TPSA) is 83.6 Å². The molecule has 6 heteroatoms. The van der Waals surface area contributed by atoms with Gasteiger partial charge < -0.3 is 15.7 Å². The summed E-state index contributed by atoms with van der Waals surface area (Å²) in [7, 11) is 0. The summed E-state index contributed by atoms with van der Waals surface area (Å²) in [5.41, 5.74) is 5.88. The van der Waals surface area contributed by atoms with Crippen LogP contribution in [0.3, 0.4) is 0 Å². The zero-order valence-corrected chi connectivity index (χ0v) is 10.7. The fraction of sp³-hybridized carbons (Fsp3) is 0.500. The summed E-state index contributed by atoms with van der Waals surface area (Å²) in [6, 6.07) is 2.88. The Labute approximate surface area is 109 Å². The normalized spacial score (nSPS) is 16.3. The number of aliphatic carboxylic acids is 1. The summed E-state index contributed by atoms with van der Waals surface area (Å²) < 4.78 is 0. The van der Waals surface area contributed by atoms with Gasteiger partial charge in [0.2, 0.25) is 5.91 Å². The number of carboxylic acid groups (broad SMARTS) is 1. The van der Waals surface area contributed by atoms with E-state index in [1.54, 1.807) is 6.07 Å². The monoisotopic (exact) mass is 268 g/mol. The van der Waals surface area contributed by atoms with Crippen molar-refractivity contribution in [1.29, 1.82) is 0 Å². The Hall–Kier alpha value is -1.40. The van der Waals surface area contributed by atoms with E-state index in [0.29, 0.717) is 12.5 Å². The first kappa shape index (κ1) is 13.0.